The van der Waals surface area contributed by atoms with Crippen LogP contribution in [0, 0.1) is 5.92 Å². The van der Waals surface area contributed by atoms with Crippen molar-refractivity contribution in [2.75, 3.05) is 11.4 Å². The number of carboxylic acids is 1. The molecular weight excluding hydrogens is 274 g/mol. The Morgan fingerprint density at radius 3 is 2.80 bits per heavy atom. The lowest BCUT2D eigenvalue weighted by Gasteiger charge is -2.40. The minimum atomic E-state index is -0.787. The maximum Gasteiger partial charge on any atom is 0.323 e. The minimum absolute atomic E-state index is 0.0432. The molecule has 0 heterocycles. The summed E-state index contributed by atoms with van der Waals surface area (Å²) in [7, 11) is 0. The molecule has 1 aromatic carbocycles. The Bertz CT molecular complexity index is 464. The zero-order valence-corrected chi connectivity index (χ0v) is 12.6. The zero-order chi connectivity index (χ0) is 14.5. The molecular formula is C16H22ClNO2. The molecule has 1 N–H and O–H groups in total. The Morgan fingerprint density at radius 1 is 1.40 bits per heavy atom. The molecule has 20 heavy (non-hydrogen) atoms. The second-order valence-electron chi connectivity index (χ2n) is 5.52. The zero-order valence-electron chi connectivity index (χ0n) is 11.9. The normalized spacial score (nSPS) is 22.5. The fraction of sp³-hybridized carbons (Fsp3) is 0.562. The van der Waals surface area contributed by atoms with E-state index in [1.165, 1.54) is 19.3 Å². The van der Waals surface area contributed by atoms with Crippen LogP contribution in [0.15, 0.2) is 24.3 Å². The average molecular weight is 296 g/mol. The Balaban J connectivity index is 2.28. The number of carboxylic acid groups (broad SMARTS) is 1. The van der Waals surface area contributed by atoms with Crippen LogP contribution in [0.25, 0.3) is 0 Å². The predicted octanol–water partition coefficient (Wildman–Crippen LogP) is 4.20. The van der Waals surface area contributed by atoms with E-state index in [-0.39, 0.29) is 6.54 Å². The molecule has 2 atom stereocenters. The Morgan fingerprint density at radius 2 is 2.15 bits per heavy atom. The van der Waals surface area contributed by atoms with E-state index < -0.39 is 5.97 Å². The van der Waals surface area contributed by atoms with Gasteiger partial charge < -0.3 is 10.0 Å². The summed E-state index contributed by atoms with van der Waals surface area (Å²) in [5.41, 5.74) is 0.922. The molecule has 1 aromatic rings. The van der Waals surface area contributed by atoms with Gasteiger partial charge in [0.25, 0.3) is 0 Å². The van der Waals surface area contributed by atoms with Crippen LogP contribution in [0.4, 0.5) is 5.69 Å². The molecule has 0 spiro atoms. The van der Waals surface area contributed by atoms with E-state index in [4.69, 9.17) is 11.6 Å². The highest BCUT2D eigenvalue weighted by atomic mass is 35.5. The van der Waals surface area contributed by atoms with Crippen LogP contribution in [-0.4, -0.2) is 23.7 Å². The second kappa shape index (κ2) is 6.98. The predicted molar refractivity (Wildman–Crippen MR) is 82.5 cm³/mol. The van der Waals surface area contributed by atoms with Crippen molar-refractivity contribution in [1.29, 1.82) is 0 Å². The van der Waals surface area contributed by atoms with Gasteiger partial charge in [0.1, 0.15) is 6.54 Å². The first kappa shape index (κ1) is 15.2. The summed E-state index contributed by atoms with van der Waals surface area (Å²) in [4.78, 5) is 13.3. The van der Waals surface area contributed by atoms with E-state index in [0.29, 0.717) is 17.0 Å². The molecule has 0 radical (unpaired) electrons. The number of rotatable bonds is 5. The average Bonchev–Trinajstić information content (AvgIpc) is 2.44. The molecule has 0 amide bonds. The van der Waals surface area contributed by atoms with Crippen molar-refractivity contribution < 1.29 is 9.90 Å². The van der Waals surface area contributed by atoms with Crippen molar-refractivity contribution in [2.24, 2.45) is 5.92 Å². The van der Waals surface area contributed by atoms with Gasteiger partial charge in [-0.1, -0.05) is 43.9 Å². The van der Waals surface area contributed by atoms with Crippen LogP contribution in [0.1, 0.15) is 39.0 Å². The molecule has 110 valence electrons. The van der Waals surface area contributed by atoms with Crippen LogP contribution in [0.5, 0.6) is 0 Å². The van der Waals surface area contributed by atoms with E-state index in [0.717, 1.165) is 18.5 Å². The van der Waals surface area contributed by atoms with Gasteiger partial charge in [-0.2, -0.15) is 0 Å². The van der Waals surface area contributed by atoms with E-state index in [1.807, 2.05) is 29.2 Å². The number of benzene rings is 1. The van der Waals surface area contributed by atoms with E-state index in [1.54, 1.807) is 0 Å². The van der Waals surface area contributed by atoms with Gasteiger partial charge in [-0.3, -0.25) is 4.79 Å². The molecule has 1 aliphatic rings. The number of hydrogen-bond acceptors (Lipinski definition) is 2. The molecule has 1 aliphatic carbocycles. The van der Waals surface area contributed by atoms with Crippen LogP contribution in [0.2, 0.25) is 5.02 Å². The maximum atomic E-state index is 11.2. The van der Waals surface area contributed by atoms with E-state index >= 15 is 0 Å². The van der Waals surface area contributed by atoms with Crippen molar-refractivity contribution in [3.8, 4) is 0 Å². The highest BCUT2D eigenvalue weighted by molar-refractivity contribution is 6.30. The second-order valence-corrected chi connectivity index (χ2v) is 5.96. The monoisotopic (exact) mass is 295 g/mol. The largest absolute Gasteiger partial charge is 0.480 e. The highest BCUT2D eigenvalue weighted by Crippen LogP contribution is 2.34. The third-order valence-corrected chi connectivity index (χ3v) is 4.47. The summed E-state index contributed by atoms with van der Waals surface area (Å²) in [5.74, 6) is -0.215. The number of carbonyl (C=O) groups is 1. The highest BCUT2D eigenvalue weighted by Gasteiger charge is 2.30. The summed E-state index contributed by atoms with van der Waals surface area (Å²) >= 11 is 6.06. The van der Waals surface area contributed by atoms with Gasteiger partial charge in [0.2, 0.25) is 0 Å². The number of hydrogen-bond donors (Lipinski definition) is 1. The van der Waals surface area contributed by atoms with Crippen molar-refractivity contribution in [3.05, 3.63) is 29.3 Å². The van der Waals surface area contributed by atoms with Gasteiger partial charge in [0.05, 0.1) is 0 Å². The number of halogens is 1. The Kier molecular flexibility index (Phi) is 5.30. The Labute approximate surface area is 125 Å². The van der Waals surface area contributed by atoms with Crippen LogP contribution < -0.4 is 4.90 Å². The third kappa shape index (κ3) is 3.66. The fourth-order valence-electron chi connectivity index (χ4n) is 3.28. The smallest absolute Gasteiger partial charge is 0.323 e. The molecule has 0 bridgehead atoms. The quantitative estimate of drug-likeness (QED) is 0.885. The molecule has 1 fully saturated rings. The molecule has 3 nitrogen and oxygen atoms in total. The topological polar surface area (TPSA) is 40.5 Å². The molecule has 0 aromatic heterocycles. The first-order chi connectivity index (χ1) is 9.61. The summed E-state index contributed by atoms with van der Waals surface area (Å²) in [5, 5.41) is 9.88. The molecule has 1 saturated carbocycles. The molecule has 0 saturated heterocycles. The number of anilines is 1. The van der Waals surface area contributed by atoms with Gasteiger partial charge in [0.15, 0.2) is 0 Å². The number of nitrogens with zero attached hydrogens (tertiary/aromatic N) is 1. The molecule has 2 unspecified atom stereocenters. The molecule has 2 rings (SSSR count). The standard InChI is InChI=1S/C16H22ClNO2/c1-2-12-6-3-4-9-15(12)18(11-16(19)20)14-8-5-7-13(17)10-14/h5,7-8,10,12,15H,2-4,6,9,11H2,1H3,(H,19,20). The SMILES string of the molecule is CCC1CCCCC1N(CC(=O)O)c1cccc(Cl)c1. The first-order valence-electron chi connectivity index (χ1n) is 7.35. The lowest BCUT2D eigenvalue weighted by Crippen LogP contribution is -2.45. The van der Waals surface area contributed by atoms with Gasteiger partial charge >= 0.3 is 5.97 Å². The fourth-order valence-corrected chi connectivity index (χ4v) is 3.46. The van der Waals surface area contributed by atoms with Crippen LogP contribution in [0.3, 0.4) is 0 Å². The van der Waals surface area contributed by atoms with Crippen molar-refractivity contribution in [1.82, 2.24) is 0 Å². The molecule has 0 aliphatic heterocycles. The van der Waals surface area contributed by atoms with Crippen molar-refractivity contribution >= 4 is 23.3 Å². The van der Waals surface area contributed by atoms with Crippen molar-refractivity contribution in [2.45, 2.75) is 45.1 Å². The van der Waals surface area contributed by atoms with E-state index in [9.17, 15) is 9.90 Å². The van der Waals surface area contributed by atoms with Gasteiger partial charge in [0, 0.05) is 16.8 Å². The van der Waals surface area contributed by atoms with Crippen LogP contribution >= 0.6 is 11.6 Å². The van der Waals surface area contributed by atoms with Gasteiger partial charge in [-0.25, -0.2) is 0 Å². The number of aliphatic carboxylic acids is 1. The summed E-state index contributed by atoms with van der Waals surface area (Å²) in [6.45, 7) is 2.24. The maximum absolute atomic E-state index is 11.2. The lowest BCUT2D eigenvalue weighted by molar-refractivity contribution is -0.135. The minimum Gasteiger partial charge on any atom is -0.480 e. The van der Waals surface area contributed by atoms with Crippen molar-refractivity contribution in [3.63, 3.8) is 0 Å². The third-order valence-electron chi connectivity index (χ3n) is 4.24. The van der Waals surface area contributed by atoms with Crippen LogP contribution in [-0.2, 0) is 4.79 Å². The van der Waals surface area contributed by atoms with Gasteiger partial charge in [-0.15, -0.1) is 0 Å². The lowest BCUT2D eigenvalue weighted by atomic mass is 9.81. The van der Waals surface area contributed by atoms with Gasteiger partial charge in [-0.05, 0) is 37.0 Å². The Hall–Kier alpha value is -1.22. The summed E-state index contributed by atoms with van der Waals surface area (Å²) in [6, 6.07) is 7.84. The molecule has 4 heteroatoms. The van der Waals surface area contributed by atoms with E-state index in [2.05, 4.69) is 6.92 Å². The summed E-state index contributed by atoms with van der Waals surface area (Å²) < 4.78 is 0. The first-order valence-corrected chi connectivity index (χ1v) is 7.73. The summed E-state index contributed by atoms with van der Waals surface area (Å²) in [6.07, 6.45) is 5.79.